The number of rotatable bonds is 3. The second kappa shape index (κ2) is 3.52. The molecular weight excluding hydrogens is 160 g/mol. The molecule has 0 radical (unpaired) electrons. The minimum atomic E-state index is -1.91. The Labute approximate surface area is 72.1 Å². The Bertz CT molecular complexity index is 175. The maximum absolute atomic E-state index is 13.8. The zero-order valence-electron chi connectivity index (χ0n) is 7.45. The summed E-state index contributed by atoms with van der Waals surface area (Å²) in [6.07, 6.45) is 2.06. The molecule has 1 nitrogen and oxygen atoms in total. The molecule has 1 heterocycles. The van der Waals surface area contributed by atoms with E-state index in [4.69, 9.17) is 0 Å². The predicted molar refractivity (Wildman–Crippen MR) is 45.2 cm³/mol. The van der Waals surface area contributed by atoms with Gasteiger partial charge in [0.05, 0.1) is 0 Å². The Kier molecular flexibility index (Phi) is 2.83. The van der Waals surface area contributed by atoms with Crippen LogP contribution in [-0.2, 0) is 0 Å². The highest BCUT2D eigenvalue weighted by Crippen LogP contribution is 2.32. The first-order chi connectivity index (χ1) is 5.61. The van der Waals surface area contributed by atoms with Crippen LogP contribution in [0.5, 0.6) is 0 Å². The third-order valence-electron chi connectivity index (χ3n) is 2.49. The van der Waals surface area contributed by atoms with Gasteiger partial charge in [-0.15, -0.1) is 0 Å². The van der Waals surface area contributed by atoms with Crippen molar-refractivity contribution in [2.45, 2.75) is 32.0 Å². The zero-order chi connectivity index (χ0) is 9.19. The Morgan fingerprint density at radius 2 is 2.00 bits per heavy atom. The molecule has 1 rings (SSSR count). The average molecular weight is 175 g/mol. The highest BCUT2D eigenvalue weighted by molar-refractivity contribution is 5.04. The maximum atomic E-state index is 13.8. The van der Waals surface area contributed by atoms with Gasteiger partial charge in [0.25, 0.3) is 0 Å². The number of halogens is 2. The van der Waals surface area contributed by atoms with E-state index < -0.39 is 11.6 Å². The normalized spacial score (nSPS) is 23.9. The smallest absolute Gasteiger partial charge is 0.215 e. The van der Waals surface area contributed by atoms with Gasteiger partial charge >= 0.3 is 0 Å². The summed E-state index contributed by atoms with van der Waals surface area (Å²) in [7, 11) is 0. The Balaban J connectivity index is 2.70. The van der Waals surface area contributed by atoms with Gasteiger partial charge in [0.1, 0.15) is 5.83 Å². The van der Waals surface area contributed by atoms with Crippen molar-refractivity contribution in [3.8, 4) is 0 Å². The molecule has 70 valence electrons. The largest absolute Gasteiger partial charge is 0.266 e. The van der Waals surface area contributed by atoms with Gasteiger partial charge in [-0.3, -0.25) is 4.90 Å². The van der Waals surface area contributed by atoms with E-state index in [-0.39, 0.29) is 6.42 Å². The molecule has 1 fully saturated rings. The molecule has 0 bridgehead atoms. The second-order valence-electron chi connectivity index (χ2n) is 3.21. The standard InChI is InChI=1S/C9H15F2N/c1-3-9(11,8(2)10)12-6-4-5-7-12/h2-7H2,1H3. The number of alkyl halides is 1. The van der Waals surface area contributed by atoms with Crippen LogP contribution in [0.4, 0.5) is 8.78 Å². The molecule has 0 aromatic carbocycles. The fraction of sp³-hybridized carbons (Fsp3) is 0.778. The highest BCUT2D eigenvalue weighted by atomic mass is 19.2. The van der Waals surface area contributed by atoms with Gasteiger partial charge in [-0.25, -0.2) is 8.78 Å². The SMILES string of the molecule is C=C(F)C(F)(CC)N1CCCC1. The van der Waals surface area contributed by atoms with Gasteiger partial charge in [0, 0.05) is 13.1 Å². The fourth-order valence-electron chi connectivity index (χ4n) is 1.66. The minimum Gasteiger partial charge on any atom is -0.266 e. The van der Waals surface area contributed by atoms with Crippen molar-refractivity contribution in [3.05, 3.63) is 12.4 Å². The topological polar surface area (TPSA) is 3.24 Å². The lowest BCUT2D eigenvalue weighted by Crippen LogP contribution is -2.43. The van der Waals surface area contributed by atoms with E-state index in [2.05, 4.69) is 6.58 Å². The third kappa shape index (κ3) is 1.51. The summed E-state index contributed by atoms with van der Waals surface area (Å²) in [4.78, 5) is 1.54. The van der Waals surface area contributed by atoms with Crippen LogP contribution in [0, 0.1) is 0 Å². The molecule has 0 aromatic rings. The van der Waals surface area contributed by atoms with Crippen LogP contribution in [0.2, 0.25) is 0 Å². The van der Waals surface area contributed by atoms with Crippen molar-refractivity contribution in [1.29, 1.82) is 0 Å². The molecule has 1 saturated heterocycles. The number of nitrogens with zero attached hydrogens (tertiary/aromatic N) is 1. The summed E-state index contributed by atoms with van der Waals surface area (Å²) in [6, 6.07) is 0. The van der Waals surface area contributed by atoms with Crippen LogP contribution in [0.15, 0.2) is 12.4 Å². The maximum Gasteiger partial charge on any atom is 0.215 e. The second-order valence-corrected chi connectivity index (χ2v) is 3.21. The van der Waals surface area contributed by atoms with Crippen LogP contribution >= 0.6 is 0 Å². The fourth-order valence-corrected chi connectivity index (χ4v) is 1.66. The molecule has 0 spiro atoms. The Morgan fingerprint density at radius 3 is 2.33 bits per heavy atom. The average Bonchev–Trinajstić information content (AvgIpc) is 2.54. The number of hydrogen-bond acceptors (Lipinski definition) is 1. The van der Waals surface area contributed by atoms with Gasteiger partial charge < -0.3 is 0 Å². The summed E-state index contributed by atoms with van der Waals surface area (Å²) in [6.45, 7) is 5.99. The molecule has 0 aliphatic carbocycles. The molecular formula is C9H15F2N. The molecule has 1 unspecified atom stereocenters. The number of hydrogen-bond donors (Lipinski definition) is 0. The van der Waals surface area contributed by atoms with E-state index >= 15 is 0 Å². The molecule has 0 N–H and O–H groups in total. The Morgan fingerprint density at radius 1 is 1.50 bits per heavy atom. The molecule has 12 heavy (non-hydrogen) atoms. The van der Waals surface area contributed by atoms with Crippen LogP contribution < -0.4 is 0 Å². The van der Waals surface area contributed by atoms with Crippen molar-refractivity contribution in [1.82, 2.24) is 4.90 Å². The van der Waals surface area contributed by atoms with Crippen molar-refractivity contribution in [2.75, 3.05) is 13.1 Å². The zero-order valence-corrected chi connectivity index (χ0v) is 7.45. The molecule has 0 saturated carbocycles. The molecule has 1 aliphatic rings. The van der Waals surface area contributed by atoms with E-state index in [1.165, 1.54) is 4.90 Å². The van der Waals surface area contributed by atoms with Gasteiger partial charge in [-0.05, 0) is 19.3 Å². The van der Waals surface area contributed by atoms with Crippen molar-refractivity contribution < 1.29 is 8.78 Å². The first-order valence-corrected chi connectivity index (χ1v) is 4.40. The summed E-state index contributed by atoms with van der Waals surface area (Å²) >= 11 is 0. The van der Waals surface area contributed by atoms with E-state index in [1.807, 2.05) is 0 Å². The van der Waals surface area contributed by atoms with Crippen molar-refractivity contribution in [3.63, 3.8) is 0 Å². The van der Waals surface area contributed by atoms with Gasteiger partial charge in [-0.1, -0.05) is 13.5 Å². The summed E-state index contributed by atoms with van der Waals surface area (Å²) in [5, 5.41) is 0. The van der Waals surface area contributed by atoms with Crippen LogP contribution in [0.1, 0.15) is 26.2 Å². The summed E-state index contributed by atoms with van der Waals surface area (Å²) < 4.78 is 26.6. The van der Waals surface area contributed by atoms with Crippen molar-refractivity contribution >= 4 is 0 Å². The van der Waals surface area contributed by atoms with Crippen LogP contribution in [0.25, 0.3) is 0 Å². The monoisotopic (exact) mass is 175 g/mol. The summed E-state index contributed by atoms with van der Waals surface area (Å²) in [5.41, 5.74) is 0. The molecule has 0 amide bonds. The van der Waals surface area contributed by atoms with E-state index in [0.717, 1.165) is 12.8 Å². The Hall–Kier alpha value is -0.440. The van der Waals surface area contributed by atoms with Crippen LogP contribution in [-0.4, -0.2) is 23.8 Å². The highest BCUT2D eigenvalue weighted by Gasteiger charge is 2.39. The van der Waals surface area contributed by atoms with E-state index in [9.17, 15) is 8.78 Å². The van der Waals surface area contributed by atoms with Crippen molar-refractivity contribution in [2.24, 2.45) is 0 Å². The van der Waals surface area contributed by atoms with Gasteiger partial charge in [0.15, 0.2) is 0 Å². The molecule has 1 aliphatic heterocycles. The quantitative estimate of drug-likeness (QED) is 0.596. The first-order valence-electron chi connectivity index (χ1n) is 4.40. The van der Waals surface area contributed by atoms with E-state index in [0.29, 0.717) is 13.1 Å². The lowest BCUT2D eigenvalue weighted by Gasteiger charge is -2.31. The molecule has 1 atom stereocenters. The lowest BCUT2D eigenvalue weighted by atomic mass is 10.1. The van der Waals surface area contributed by atoms with Gasteiger partial charge in [0.2, 0.25) is 5.79 Å². The van der Waals surface area contributed by atoms with Crippen LogP contribution in [0.3, 0.4) is 0 Å². The predicted octanol–water partition coefficient (Wildman–Crippen LogP) is 2.64. The third-order valence-corrected chi connectivity index (χ3v) is 2.49. The summed E-state index contributed by atoms with van der Waals surface area (Å²) in [5.74, 6) is -2.76. The number of likely N-dealkylation sites (tertiary alicyclic amines) is 1. The lowest BCUT2D eigenvalue weighted by molar-refractivity contribution is -0.00550. The first kappa shape index (κ1) is 9.65. The molecule has 3 heteroatoms. The van der Waals surface area contributed by atoms with E-state index in [1.54, 1.807) is 6.92 Å². The van der Waals surface area contributed by atoms with Gasteiger partial charge in [-0.2, -0.15) is 0 Å². The molecule has 0 aromatic heterocycles. The minimum absolute atomic E-state index is 0.141.